The average Bonchev–Trinajstić information content (AvgIpc) is 2.64. The van der Waals surface area contributed by atoms with E-state index in [1.807, 2.05) is 22.7 Å². The predicted molar refractivity (Wildman–Crippen MR) is 55.8 cm³/mol. The Kier molecular flexibility index (Phi) is 2.67. The van der Waals surface area contributed by atoms with Crippen LogP contribution < -0.4 is 0 Å². The summed E-state index contributed by atoms with van der Waals surface area (Å²) in [4.78, 5) is 14.4. The highest BCUT2D eigenvalue weighted by molar-refractivity contribution is 5.66. The van der Waals surface area contributed by atoms with Crippen molar-refractivity contribution in [2.75, 3.05) is 0 Å². The lowest BCUT2D eigenvalue weighted by Crippen LogP contribution is -1.96. The normalized spacial score (nSPS) is 10.7. The molecule has 0 saturated heterocycles. The van der Waals surface area contributed by atoms with E-state index < -0.39 is 5.97 Å². The molecule has 0 aliphatic heterocycles. The number of fused-ring (bicyclic) bond motifs is 1. The van der Waals surface area contributed by atoms with Gasteiger partial charge in [-0.05, 0) is 24.5 Å². The molecule has 0 amide bonds. The van der Waals surface area contributed by atoms with Crippen LogP contribution in [0.2, 0.25) is 0 Å². The van der Waals surface area contributed by atoms with Gasteiger partial charge in [0.15, 0.2) is 0 Å². The number of pyridine rings is 1. The number of aromatic nitrogens is 2. The van der Waals surface area contributed by atoms with Crippen LogP contribution in [-0.2, 0) is 11.2 Å². The lowest BCUT2D eigenvalue weighted by atomic mass is 10.1. The van der Waals surface area contributed by atoms with Gasteiger partial charge < -0.3 is 9.51 Å². The van der Waals surface area contributed by atoms with Crippen LogP contribution in [0.5, 0.6) is 0 Å². The molecule has 2 aromatic heterocycles. The highest BCUT2D eigenvalue weighted by Crippen LogP contribution is 2.08. The van der Waals surface area contributed by atoms with E-state index >= 15 is 0 Å². The summed E-state index contributed by atoms with van der Waals surface area (Å²) in [5.74, 6) is -0.737. The fourth-order valence-electron chi connectivity index (χ4n) is 1.56. The minimum atomic E-state index is -0.737. The van der Waals surface area contributed by atoms with Crippen LogP contribution in [0.4, 0.5) is 0 Å². The van der Waals surface area contributed by atoms with Gasteiger partial charge in [-0.25, -0.2) is 4.98 Å². The average molecular weight is 204 g/mol. The van der Waals surface area contributed by atoms with Crippen molar-refractivity contribution < 1.29 is 9.90 Å². The Morgan fingerprint density at radius 1 is 1.47 bits per heavy atom. The molecule has 0 atom stereocenters. The van der Waals surface area contributed by atoms with E-state index in [0.29, 0.717) is 6.42 Å². The highest BCUT2D eigenvalue weighted by Gasteiger charge is 1.99. The molecule has 2 aromatic rings. The largest absolute Gasteiger partial charge is 0.481 e. The maximum absolute atomic E-state index is 10.3. The number of rotatable bonds is 4. The van der Waals surface area contributed by atoms with Crippen LogP contribution >= 0.6 is 0 Å². The van der Waals surface area contributed by atoms with E-state index in [2.05, 4.69) is 4.98 Å². The summed E-state index contributed by atoms with van der Waals surface area (Å²) in [6.45, 7) is 0. The van der Waals surface area contributed by atoms with Crippen LogP contribution in [0.15, 0.2) is 30.9 Å². The van der Waals surface area contributed by atoms with E-state index in [0.717, 1.165) is 17.5 Å². The van der Waals surface area contributed by atoms with Crippen LogP contribution in [-0.4, -0.2) is 20.5 Å². The fourth-order valence-corrected chi connectivity index (χ4v) is 1.56. The van der Waals surface area contributed by atoms with Crippen LogP contribution in [0.3, 0.4) is 0 Å². The Bertz CT molecular complexity index is 476. The van der Waals surface area contributed by atoms with Gasteiger partial charge in [0.2, 0.25) is 0 Å². The Hall–Kier alpha value is -1.84. The third-order valence-electron chi connectivity index (χ3n) is 2.33. The summed E-state index contributed by atoms with van der Waals surface area (Å²) < 4.78 is 1.94. The topological polar surface area (TPSA) is 54.6 Å². The SMILES string of the molecule is O=C(O)CCCc1ccc2cncn2c1. The Morgan fingerprint density at radius 2 is 2.33 bits per heavy atom. The number of carboxylic acid groups (broad SMARTS) is 1. The molecule has 0 spiro atoms. The quantitative estimate of drug-likeness (QED) is 0.825. The maximum Gasteiger partial charge on any atom is 0.303 e. The molecule has 0 aliphatic carbocycles. The third kappa shape index (κ3) is 2.34. The zero-order chi connectivity index (χ0) is 10.7. The fraction of sp³-hybridized carbons (Fsp3) is 0.273. The molecule has 2 rings (SSSR count). The molecule has 0 aromatic carbocycles. The van der Waals surface area contributed by atoms with Gasteiger partial charge in [0.25, 0.3) is 0 Å². The molecule has 4 nitrogen and oxygen atoms in total. The van der Waals surface area contributed by atoms with E-state index in [1.165, 1.54) is 0 Å². The zero-order valence-corrected chi connectivity index (χ0v) is 8.26. The lowest BCUT2D eigenvalue weighted by molar-refractivity contribution is -0.137. The van der Waals surface area contributed by atoms with Gasteiger partial charge in [-0.1, -0.05) is 6.07 Å². The molecule has 0 fully saturated rings. The molecular weight excluding hydrogens is 192 g/mol. The second kappa shape index (κ2) is 4.13. The van der Waals surface area contributed by atoms with Gasteiger partial charge >= 0.3 is 5.97 Å². The van der Waals surface area contributed by atoms with Crippen molar-refractivity contribution in [3.05, 3.63) is 36.4 Å². The van der Waals surface area contributed by atoms with E-state index in [-0.39, 0.29) is 6.42 Å². The van der Waals surface area contributed by atoms with Crippen molar-refractivity contribution in [2.45, 2.75) is 19.3 Å². The minimum Gasteiger partial charge on any atom is -0.481 e. The van der Waals surface area contributed by atoms with Crippen LogP contribution in [0.1, 0.15) is 18.4 Å². The molecule has 15 heavy (non-hydrogen) atoms. The summed E-state index contributed by atoms with van der Waals surface area (Å²) >= 11 is 0. The van der Waals surface area contributed by atoms with Gasteiger partial charge in [-0.3, -0.25) is 4.79 Å². The second-order valence-electron chi connectivity index (χ2n) is 3.51. The highest BCUT2D eigenvalue weighted by atomic mass is 16.4. The van der Waals surface area contributed by atoms with Gasteiger partial charge in [-0.15, -0.1) is 0 Å². The van der Waals surface area contributed by atoms with Crippen molar-refractivity contribution in [1.82, 2.24) is 9.38 Å². The molecule has 0 aliphatic rings. The molecular formula is C11H12N2O2. The van der Waals surface area contributed by atoms with Crippen molar-refractivity contribution in [1.29, 1.82) is 0 Å². The first-order chi connectivity index (χ1) is 7.25. The number of hydrogen-bond donors (Lipinski definition) is 1. The van der Waals surface area contributed by atoms with Crippen LogP contribution in [0, 0.1) is 0 Å². The number of imidazole rings is 1. The van der Waals surface area contributed by atoms with Gasteiger partial charge in [0.05, 0.1) is 18.0 Å². The monoisotopic (exact) mass is 204 g/mol. The first kappa shape index (κ1) is 9.71. The number of carbonyl (C=O) groups is 1. The molecule has 0 saturated carbocycles. The number of nitrogens with zero attached hydrogens (tertiary/aromatic N) is 2. The van der Waals surface area contributed by atoms with Gasteiger partial charge in [0.1, 0.15) is 0 Å². The Morgan fingerprint density at radius 3 is 3.13 bits per heavy atom. The molecule has 2 heterocycles. The predicted octanol–water partition coefficient (Wildman–Crippen LogP) is 1.74. The second-order valence-corrected chi connectivity index (χ2v) is 3.51. The summed E-state index contributed by atoms with van der Waals surface area (Å²) in [5.41, 5.74) is 2.19. The Labute approximate surface area is 87.2 Å². The minimum absolute atomic E-state index is 0.224. The smallest absolute Gasteiger partial charge is 0.303 e. The third-order valence-corrected chi connectivity index (χ3v) is 2.33. The summed E-state index contributed by atoms with van der Waals surface area (Å²) in [5, 5.41) is 8.51. The molecule has 0 unspecified atom stereocenters. The first-order valence-corrected chi connectivity index (χ1v) is 4.88. The first-order valence-electron chi connectivity index (χ1n) is 4.88. The number of aryl methyl sites for hydroxylation is 1. The molecule has 78 valence electrons. The zero-order valence-electron chi connectivity index (χ0n) is 8.26. The standard InChI is InChI=1S/C11H12N2O2/c14-11(15)3-1-2-9-4-5-10-6-12-8-13(10)7-9/h4-8H,1-3H2,(H,14,15). The van der Waals surface area contributed by atoms with Gasteiger partial charge in [-0.2, -0.15) is 0 Å². The van der Waals surface area contributed by atoms with Crippen molar-refractivity contribution in [3.63, 3.8) is 0 Å². The van der Waals surface area contributed by atoms with Gasteiger partial charge in [0, 0.05) is 12.6 Å². The number of aliphatic carboxylic acids is 1. The van der Waals surface area contributed by atoms with Crippen molar-refractivity contribution in [3.8, 4) is 0 Å². The summed E-state index contributed by atoms with van der Waals surface area (Å²) in [6.07, 6.45) is 7.22. The molecule has 0 bridgehead atoms. The number of carboxylic acids is 1. The lowest BCUT2D eigenvalue weighted by Gasteiger charge is -2.00. The molecule has 1 N–H and O–H groups in total. The molecule has 4 heteroatoms. The van der Waals surface area contributed by atoms with Crippen LogP contribution in [0.25, 0.3) is 5.52 Å². The van der Waals surface area contributed by atoms with E-state index in [1.54, 1.807) is 12.5 Å². The summed E-state index contributed by atoms with van der Waals surface area (Å²) in [6, 6.07) is 4.00. The van der Waals surface area contributed by atoms with E-state index in [4.69, 9.17) is 5.11 Å². The summed E-state index contributed by atoms with van der Waals surface area (Å²) in [7, 11) is 0. The van der Waals surface area contributed by atoms with Crippen molar-refractivity contribution >= 4 is 11.5 Å². The molecule has 0 radical (unpaired) electrons. The number of hydrogen-bond acceptors (Lipinski definition) is 2. The maximum atomic E-state index is 10.3. The Balaban J connectivity index is 2.04. The van der Waals surface area contributed by atoms with Crippen molar-refractivity contribution in [2.24, 2.45) is 0 Å². The van der Waals surface area contributed by atoms with E-state index in [9.17, 15) is 4.79 Å².